The van der Waals surface area contributed by atoms with Crippen molar-refractivity contribution in [2.24, 2.45) is 5.73 Å². The van der Waals surface area contributed by atoms with Gasteiger partial charge in [-0.3, -0.25) is 0 Å². The van der Waals surface area contributed by atoms with Crippen LogP contribution in [0, 0.1) is 10.1 Å². The van der Waals surface area contributed by atoms with E-state index in [4.69, 9.17) is 5.73 Å². The molecule has 0 spiro atoms. The van der Waals surface area contributed by atoms with Crippen LogP contribution in [0.25, 0.3) is 0 Å². The summed E-state index contributed by atoms with van der Waals surface area (Å²) in [6.45, 7) is -0.0386. The third-order valence-corrected chi connectivity index (χ3v) is 1.54. The van der Waals surface area contributed by atoms with Gasteiger partial charge in [-0.15, -0.1) is 0 Å². The van der Waals surface area contributed by atoms with E-state index in [0.717, 1.165) is 12.1 Å². The fourth-order valence-corrected chi connectivity index (χ4v) is 0.917. The van der Waals surface area contributed by atoms with Gasteiger partial charge in [0.2, 0.25) is 5.69 Å². The van der Waals surface area contributed by atoms with Crippen LogP contribution in [0.15, 0.2) is 12.1 Å². The summed E-state index contributed by atoms with van der Waals surface area (Å²) in [7, 11) is 0. The smallest absolute Gasteiger partial charge is 0.358 e. The zero-order valence-electron chi connectivity index (χ0n) is 6.98. The Morgan fingerprint density at radius 2 is 2.21 bits per heavy atom. The maximum atomic E-state index is 12.2. The number of hydrogen-bond donors (Lipinski definition) is 1. The lowest BCUT2D eigenvalue weighted by molar-refractivity contribution is -0.389. The van der Waals surface area contributed by atoms with E-state index in [2.05, 4.69) is 4.98 Å². The fraction of sp³-hybridized carbons (Fsp3) is 0.286. The molecule has 0 fully saturated rings. The van der Waals surface area contributed by atoms with Gasteiger partial charge in [-0.2, -0.15) is 0 Å². The maximum Gasteiger partial charge on any atom is 0.364 e. The molecule has 7 heteroatoms. The van der Waals surface area contributed by atoms with Crippen LogP contribution in [0.1, 0.15) is 17.7 Å². The minimum absolute atomic E-state index is 0.0386. The summed E-state index contributed by atoms with van der Waals surface area (Å²) in [5.74, 6) is -0.608. The van der Waals surface area contributed by atoms with Gasteiger partial charge < -0.3 is 15.8 Å². The van der Waals surface area contributed by atoms with Gasteiger partial charge in [0.05, 0.1) is 0 Å². The molecule has 0 saturated heterocycles. The Balaban J connectivity index is 3.20. The van der Waals surface area contributed by atoms with Crippen molar-refractivity contribution in [2.75, 3.05) is 0 Å². The van der Waals surface area contributed by atoms with E-state index in [1.165, 1.54) is 0 Å². The van der Waals surface area contributed by atoms with Crippen molar-refractivity contribution in [1.29, 1.82) is 0 Å². The Morgan fingerprint density at radius 3 is 2.64 bits per heavy atom. The Morgan fingerprint density at radius 1 is 1.57 bits per heavy atom. The molecule has 0 aliphatic heterocycles. The summed E-state index contributed by atoms with van der Waals surface area (Å²) >= 11 is 0. The van der Waals surface area contributed by atoms with Crippen LogP contribution in [-0.2, 0) is 6.54 Å². The number of alkyl halides is 2. The lowest BCUT2D eigenvalue weighted by atomic mass is 10.2. The van der Waals surface area contributed by atoms with Gasteiger partial charge in [-0.1, -0.05) is 0 Å². The monoisotopic (exact) mass is 203 g/mol. The average molecular weight is 203 g/mol. The molecular formula is C7H7F2N3O2. The topological polar surface area (TPSA) is 82.0 Å². The van der Waals surface area contributed by atoms with Gasteiger partial charge in [0.15, 0.2) is 0 Å². The third-order valence-electron chi connectivity index (χ3n) is 1.54. The van der Waals surface area contributed by atoms with E-state index in [-0.39, 0.29) is 12.1 Å². The van der Waals surface area contributed by atoms with Crippen molar-refractivity contribution in [2.45, 2.75) is 13.0 Å². The van der Waals surface area contributed by atoms with E-state index in [9.17, 15) is 18.9 Å². The number of hydrogen-bond acceptors (Lipinski definition) is 4. The van der Waals surface area contributed by atoms with Crippen molar-refractivity contribution < 1.29 is 13.7 Å². The Bertz CT molecular complexity index is 357. The molecule has 1 aromatic rings. The zero-order valence-corrected chi connectivity index (χ0v) is 6.98. The van der Waals surface area contributed by atoms with Gasteiger partial charge in [0.25, 0.3) is 0 Å². The molecule has 0 bridgehead atoms. The van der Waals surface area contributed by atoms with Gasteiger partial charge >= 0.3 is 12.2 Å². The lowest BCUT2D eigenvalue weighted by Crippen LogP contribution is -2.03. The highest BCUT2D eigenvalue weighted by Crippen LogP contribution is 2.21. The SMILES string of the molecule is NCc1cc(C(F)F)nc([N+](=O)[O-])c1. The predicted octanol–water partition coefficient (Wildman–Crippen LogP) is 1.39. The second-order valence-electron chi connectivity index (χ2n) is 2.52. The summed E-state index contributed by atoms with van der Waals surface area (Å²) in [6, 6.07) is 2.13. The molecule has 0 radical (unpaired) electrons. The first-order valence-corrected chi connectivity index (χ1v) is 3.68. The molecule has 0 atom stereocenters. The average Bonchev–Trinajstić information content (AvgIpc) is 2.16. The molecule has 0 aliphatic rings. The predicted molar refractivity (Wildman–Crippen MR) is 43.7 cm³/mol. The standard InChI is InChI=1S/C7H7F2N3O2/c8-7(9)5-1-4(3-10)2-6(11-5)12(13)14/h1-2,7H,3,10H2. The molecule has 76 valence electrons. The van der Waals surface area contributed by atoms with Crippen molar-refractivity contribution >= 4 is 5.82 Å². The van der Waals surface area contributed by atoms with Crippen LogP contribution in [-0.4, -0.2) is 9.91 Å². The van der Waals surface area contributed by atoms with Crippen LogP contribution in [0.4, 0.5) is 14.6 Å². The molecule has 0 aromatic carbocycles. The summed E-state index contributed by atoms with van der Waals surface area (Å²) in [6.07, 6.45) is -2.83. The van der Waals surface area contributed by atoms with E-state index in [0.29, 0.717) is 0 Å². The summed E-state index contributed by atoms with van der Waals surface area (Å²) in [4.78, 5) is 12.6. The Kier molecular flexibility index (Phi) is 3.03. The Hall–Kier alpha value is -1.63. The number of nitrogens with two attached hydrogens (primary N) is 1. The second kappa shape index (κ2) is 4.05. The summed E-state index contributed by atoms with van der Waals surface area (Å²) < 4.78 is 24.4. The molecule has 0 aliphatic carbocycles. The lowest BCUT2D eigenvalue weighted by Gasteiger charge is -1.99. The van der Waals surface area contributed by atoms with E-state index >= 15 is 0 Å². The van der Waals surface area contributed by atoms with Crippen molar-refractivity contribution in [3.8, 4) is 0 Å². The number of pyridine rings is 1. The first-order chi connectivity index (χ1) is 6.54. The molecule has 0 saturated carbocycles. The fourth-order valence-electron chi connectivity index (χ4n) is 0.917. The number of nitrogens with zero attached hydrogens (tertiary/aromatic N) is 2. The van der Waals surface area contributed by atoms with Crippen molar-refractivity contribution in [3.63, 3.8) is 0 Å². The Labute approximate surface area is 77.7 Å². The number of halogens is 2. The normalized spacial score (nSPS) is 10.6. The van der Waals surface area contributed by atoms with Crippen molar-refractivity contribution in [3.05, 3.63) is 33.5 Å². The summed E-state index contributed by atoms with van der Waals surface area (Å²) in [5.41, 5.74) is 4.83. The molecule has 14 heavy (non-hydrogen) atoms. The van der Waals surface area contributed by atoms with Gasteiger partial charge in [0.1, 0.15) is 0 Å². The largest absolute Gasteiger partial charge is 0.364 e. The third kappa shape index (κ3) is 2.19. The van der Waals surface area contributed by atoms with Crippen LogP contribution in [0.3, 0.4) is 0 Å². The van der Waals surface area contributed by atoms with Gasteiger partial charge in [-0.25, -0.2) is 8.78 Å². The number of aromatic nitrogens is 1. The quantitative estimate of drug-likeness (QED) is 0.594. The minimum atomic E-state index is -2.83. The van der Waals surface area contributed by atoms with E-state index < -0.39 is 22.9 Å². The minimum Gasteiger partial charge on any atom is -0.358 e. The first kappa shape index (κ1) is 10.5. The summed E-state index contributed by atoms with van der Waals surface area (Å²) in [5, 5.41) is 10.3. The molecule has 0 amide bonds. The van der Waals surface area contributed by atoms with E-state index in [1.54, 1.807) is 0 Å². The molecule has 1 aromatic heterocycles. The van der Waals surface area contributed by atoms with Crippen LogP contribution in [0.2, 0.25) is 0 Å². The molecule has 5 nitrogen and oxygen atoms in total. The van der Waals surface area contributed by atoms with Gasteiger partial charge in [0, 0.05) is 12.6 Å². The molecule has 2 N–H and O–H groups in total. The van der Waals surface area contributed by atoms with Crippen LogP contribution >= 0.6 is 0 Å². The molecular weight excluding hydrogens is 196 g/mol. The molecule has 1 heterocycles. The highest BCUT2D eigenvalue weighted by molar-refractivity contribution is 5.29. The number of rotatable bonds is 3. The van der Waals surface area contributed by atoms with Crippen LogP contribution < -0.4 is 5.73 Å². The maximum absolute atomic E-state index is 12.2. The first-order valence-electron chi connectivity index (χ1n) is 3.68. The highest BCUT2D eigenvalue weighted by atomic mass is 19.3. The zero-order chi connectivity index (χ0) is 10.7. The van der Waals surface area contributed by atoms with Crippen molar-refractivity contribution in [1.82, 2.24) is 4.98 Å². The highest BCUT2D eigenvalue weighted by Gasteiger charge is 2.19. The van der Waals surface area contributed by atoms with E-state index in [1.807, 2.05) is 0 Å². The molecule has 1 rings (SSSR count). The molecule has 0 unspecified atom stereocenters. The van der Waals surface area contributed by atoms with Gasteiger partial charge in [-0.05, 0) is 21.5 Å². The number of nitro groups is 1. The second-order valence-corrected chi connectivity index (χ2v) is 2.52. The van der Waals surface area contributed by atoms with Crippen LogP contribution in [0.5, 0.6) is 0 Å².